The van der Waals surface area contributed by atoms with Crippen LogP contribution in [0.1, 0.15) is 29.7 Å². The molecule has 0 saturated heterocycles. The molecule has 9 heteroatoms. The maximum absolute atomic E-state index is 11.8. The van der Waals surface area contributed by atoms with Gasteiger partial charge in [-0.15, -0.1) is 11.3 Å². The summed E-state index contributed by atoms with van der Waals surface area (Å²) in [5.41, 5.74) is 0.304. The van der Waals surface area contributed by atoms with E-state index in [1.807, 2.05) is 0 Å². The Labute approximate surface area is 119 Å². The Balaban J connectivity index is 1.74. The molecule has 20 heavy (non-hydrogen) atoms. The molecule has 0 unspecified atom stereocenters. The van der Waals surface area contributed by atoms with Crippen molar-refractivity contribution >= 4 is 28.3 Å². The maximum Gasteiger partial charge on any atom is 0.270 e. The lowest BCUT2D eigenvalue weighted by Crippen LogP contribution is -2.25. The average Bonchev–Trinajstić information content (AvgIpc) is 3.04. The fourth-order valence-electron chi connectivity index (χ4n) is 1.49. The second-order valence-corrected chi connectivity index (χ2v) is 4.87. The van der Waals surface area contributed by atoms with Gasteiger partial charge in [0.25, 0.3) is 5.91 Å². The number of hydrogen-bond acceptors (Lipinski definition) is 6. The van der Waals surface area contributed by atoms with Crippen LogP contribution in [0.25, 0.3) is 0 Å². The zero-order chi connectivity index (χ0) is 14.4. The SMILES string of the molecule is CC(=O)Nc1nc(C(=O)NCCCc2ncn[nH]2)cs1. The third-order valence-corrected chi connectivity index (χ3v) is 3.12. The zero-order valence-electron chi connectivity index (χ0n) is 10.8. The minimum Gasteiger partial charge on any atom is -0.351 e. The normalized spacial score (nSPS) is 10.2. The average molecular weight is 294 g/mol. The van der Waals surface area contributed by atoms with Gasteiger partial charge in [0.1, 0.15) is 17.8 Å². The smallest absolute Gasteiger partial charge is 0.270 e. The van der Waals surface area contributed by atoms with E-state index in [0.29, 0.717) is 23.8 Å². The van der Waals surface area contributed by atoms with Gasteiger partial charge >= 0.3 is 0 Å². The molecule has 2 rings (SSSR count). The number of nitrogens with one attached hydrogen (secondary N) is 3. The molecule has 0 aliphatic heterocycles. The predicted molar refractivity (Wildman–Crippen MR) is 73.5 cm³/mol. The molecule has 0 fully saturated rings. The molecular formula is C11H14N6O2S. The van der Waals surface area contributed by atoms with Crippen LogP contribution in [0.3, 0.4) is 0 Å². The number of H-pyrrole nitrogens is 1. The molecule has 0 spiro atoms. The van der Waals surface area contributed by atoms with Crippen molar-refractivity contribution in [1.29, 1.82) is 0 Å². The molecular weight excluding hydrogens is 280 g/mol. The summed E-state index contributed by atoms with van der Waals surface area (Å²) in [6.45, 7) is 1.91. The lowest BCUT2D eigenvalue weighted by Gasteiger charge is -2.01. The van der Waals surface area contributed by atoms with Crippen molar-refractivity contribution in [3.8, 4) is 0 Å². The van der Waals surface area contributed by atoms with E-state index in [9.17, 15) is 9.59 Å². The van der Waals surface area contributed by atoms with Crippen molar-refractivity contribution in [1.82, 2.24) is 25.5 Å². The molecule has 2 aromatic heterocycles. The summed E-state index contributed by atoms with van der Waals surface area (Å²) in [5.74, 6) is 0.328. The minimum absolute atomic E-state index is 0.210. The van der Waals surface area contributed by atoms with Crippen LogP contribution < -0.4 is 10.6 Å². The Bertz CT molecular complexity index is 580. The molecule has 0 aromatic carbocycles. The second kappa shape index (κ2) is 6.75. The quantitative estimate of drug-likeness (QED) is 0.675. The lowest BCUT2D eigenvalue weighted by molar-refractivity contribution is -0.114. The Morgan fingerprint density at radius 1 is 1.45 bits per heavy atom. The fraction of sp³-hybridized carbons (Fsp3) is 0.364. The summed E-state index contributed by atoms with van der Waals surface area (Å²) in [4.78, 5) is 30.7. The van der Waals surface area contributed by atoms with E-state index in [1.165, 1.54) is 24.6 Å². The van der Waals surface area contributed by atoms with E-state index in [-0.39, 0.29) is 11.8 Å². The number of anilines is 1. The van der Waals surface area contributed by atoms with Gasteiger partial charge in [-0.3, -0.25) is 14.7 Å². The van der Waals surface area contributed by atoms with Crippen molar-refractivity contribution in [2.24, 2.45) is 0 Å². The van der Waals surface area contributed by atoms with Crippen molar-refractivity contribution in [3.63, 3.8) is 0 Å². The number of aromatic nitrogens is 4. The van der Waals surface area contributed by atoms with Crippen molar-refractivity contribution in [2.75, 3.05) is 11.9 Å². The highest BCUT2D eigenvalue weighted by Crippen LogP contribution is 2.14. The number of aryl methyl sites for hydroxylation is 1. The Kier molecular flexibility index (Phi) is 4.77. The van der Waals surface area contributed by atoms with Crippen LogP contribution in [-0.4, -0.2) is 38.5 Å². The first-order chi connectivity index (χ1) is 9.65. The van der Waals surface area contributed by atoms with Crippen molar-refractivity contribution in [3.05, 3.63) is 23.2 Å². The number of carbonyl (C=O) groups is 2. The van der Waals surface area contributed by atoms with Gasteiger partial charge in [-0.05, 0) is 6.42 Å². The Hall–Kier alpha value is -2.29. The fourth-order valence-corrected chi connectivity index (χ4v) is 2.22. The number of aromatic amines is 1. The molecule has 0 aliphatic rings. The van der Waals surface area contributed by atoms with Gasteiger partial charge in [-0.2, -0.15) is 5.10 Å². The van der Waals surface area contributed by atoms with Gasteiger partial charge in [0.15, 0.2) is 5.13 Å². The Morgan fingerprint density at radius 2 is 2.30 bits per heavy atom. The van der Waals surface area contributed by atoms with Gasteiger partial charge in [0.2, 0.25) is 5.91 Å². The van der Waals surface area contributed by atoms with Crippen LogP contribution in [0.5, 0.6) is 0 Å². The molecule has 2 aromatic rings. The topological polar surface area (TPSA) is 113 Å². The van der Waals surface area contributed by atoms with E-state index < -0.39 is 0 Å². The number of rotatable bonds is 6. The summed E-state index contributed by atoms with van der Waals surface area (Å²) in [6, 6.07) is 0. The van der Waals surface area contributed by atoms with Crippen LogP contribution >= 0.6 is 11.3 Å². The van der Waals surface area contributed by atoms with Gasteiger partial charge in [-0.1, -0.05) is 0 Å². The number of nitrogens with zero attached hydrogens (tertiary/aromatic N) is 3. The van der Waals surface area contributed by atoms with Crippen molar-refractivity contribution in [2.45, 2.75) is 19.8 Å². The standard InChI is InChI=1S/C11H14N6O2S/c1-7(18)15-11-16-8(5-20-11)10(19)12-4-2-3-9-13-6-14-17-9/h5-6H,2-4H2,1H3,(H,12,19)(H,13,14,17)(H,15,16,18). The second-order valence-electron chi connectivity index (χ2n) is 4.01. The molecule has 0 radical (unpaired) electrons. The van der Waals surface area contributed by atoms with Crippen LogP contribution in [-0.2, 0) is 11.2 Å². The van der Waals surface area contributed by atoms with E-state index in [0.717, 1.165) is 12.2 Å². The van der Waals surface area contributed by atoms with Gasteiger partial charge in [-0.25, -0.2) is 9.97 Å². The highest BCUT2D eigenvalue weighted by atomic mass is 32.1. The number of hydrogen-bond donors (Lipinski definition) is 3. The number of carbonyl (C=O) groups excluding carboxylic acids is 2. The molecule has 2 amide bonds. The van der Waals surface area contributed by atoms with Gasteiger partial charge < -0.3 is 10.6 Å². The summed E-state index contributed by atoms with van der Waals surface area (Å²) >= 11 is 1.22. The number of thiazole rings is 1. The molecule has 3 N–H and O–H groups in total. The monoisotopic (exact) mass is 294 g/mol. The van der Waals surface area contributed by atoms with Crippen LogP contribution in [0.2, 0.25) is 0 Å². The van der Waals surface area contributed by atoms with Crippen LogP contribution in [0, 0.1) is 0 Å². The molecule has 8 nitrogen and oxygen atoms in total. The summed E-state index contributed by atoms with van der Waals surface area (Å²) in [7, 11) is 0. The van der Waals surface area contributed by atoms with Crippen LogP contribution in [0.4, 0.5) is 5.13 Å². The van der Waals surface area contributed by atoms with E-state index in [4.69, 9.17) is 0 Å². The molecule has 0 atom stereocenters. The van der Waals surface area contributed by atoms with Crippen LogP contribution in [0.15, 0.2) is 11.7 Å². The molecule has 106 valence electrons. The van der Waals surface area contributed by atoms with Crippen molar-refractivity contribution < 1.29 is 9.59 Å². The largest absolute Gasteiger partial charge is 0.351 e. The van der Waals surface area contributed by atoms with Gasteiger partial charge in [0, 0.05) is 25.3 Å². The molecule has 0 bridgehead atoms. The summed E-state index contributed by atoms with van der Waals surface area (Å²) in [5, 5.41) is 13.8. The highest BCUT2D eigenvalue weighted by Gasteiger charge is 2.10. The molecule has 0 saturated carbocycles. The number of amides is 2. The first-order valence-electron chi connectivity index (χ1n) is 6.00. The minimum atomic E-state index is -0.254. The predicted octanol–water partition coefficient (Wildman–Crippen LogP) is 0.582. The summed E-state index contributed by atoms with van der Waals surface area (Å²) < 4.78 is 0. The third kappa shape index (κ3) is 4.12. The Morgan fingerprint density at radius 3 is 3.00 bits per heavy atom. The third-order valence-electron chi connectivity index (χ3n) is 2.36. The van der Waals surface area contributed by atoms with E-state index >= 15 is 0 Å². The first kappa shape index (κ1) is 14.1. The highest BCUT2D eigenvalue weighted by molar-refractivity contribution is 7.14. The lowest BCUT2D eigenvalue weighted by atomic mass is 10.3. The van der Waals surface area contributed by atoms with E-state index in [1.54, 1.807) is 5.38 Å². The maximum atomic E-state index is 11.8. The zero-order valence-corrected chi connectivity index (χ0v) is 11.7. The first-order valence-corrected chi connectivity index (χ1v) is 6.88. The molecule has 0 aliphatic carbocycles. The van der Waals surface area contributed by atoms with Gasteiger partial charge in [0.05, 0.1) is 0 Å². The van der Waals surface area contributed by atoms with E-state index in [2.05, 4.69) is 30.8 Å². The molecule has 2 heterocycles. The summed E-state index contributed by atoms with van der Waals surface area (Å²) in [6.07, 6.45) is 2.92.